The molecule has 0 aliphatic rings. The van der Waals surface area contributed by atoms with Crippen molar-refractivity contribution in [1.29, 1.82) is 0 Å². The summed E-state index contributed by atoms with van der Waals surface area (Å²) in [6, 6.07) is -3.54. The second-order valence-electron chi connectivity index (χ2n) is 5.04. The Bertz CT molecular complexity index is 462. The minimum Gasteiger partial charge on any atom is -0.480 e. The van der Waals surface area contributed by atoms with Crippen molar-refractivity contribution >= 4 is 35.5 Å². The van der Waals surface area contributed by atoms with E-state index in [-0.39, 0.29) is 12.8 Å². The van der Waals surface area contributed by atoms with Gasteiger partial charge in [-0.1, -0.05) is 0 Å². The summed E-state index contributed by atoms with van der Waals surface area (Å²) >= 11 is 1.51. The molecule has 0 saturated heterocycles. The van der Waals surface area contributed by atoms with Gasteiger partial charge in [-0.15, -0.1) is 0 Å². The normalized spacial score (nSPS) is 14.3. The van der Waals surface area contributed by atoms with Gasteiger partial charge in [0.15, 0.2) is 0 Å². The molecule has 0 heterocycles. The number of rotatable bonds is 12. The number of amides is 3. The number of hydrogen-bond donors (Lipinski definition) is 6. The first-order valence-corrected chi connectivity index (χ1v) is 8.59. The summed E-state index contributed by atoms with van der Waals surface area (Å²) in [5.74, 6) is -2.89. The van der Waals surface area contributed by atoms with E-state index in [1.165, 1.54) is 11.8 Å². The van der Waals surface area contributed by atoms with Gasteiger partial charge in [0.05, 0.1) is 12.6 Å². The molecule has 0 aromatic rings. The molecular weight excluding hydrogens is 340 g/mol. The van der Waals surface area contributed by atoms with E-state index in [2.05, 4.69) is 10.6 Å². The van der Waals surface area contributed by atoms with Gasteiger partial charge < -0.3 is 32.3 Å². The average molecular weight is 364 g/mol. The second kappa shape index (κ2) is 11.6. The van der Waals surface area contributed by atoms with Crippen molar-refractivity contribution in [3.63, 3.8) is 0 Å². The average Bonchev–Trinajstić information content (AvgIpc) is 2.52. The lowest BCUT2D eigenvalue weighted by Gasteiger charge is -2.22. The summed E-state index contributed by atoms with van der Waals surface area (Å²) in [5, 5.41) is 22.2. The van der Waals surface area contributed by atoms with E-state index in [0.29, 0.717) is 12.2 Å². The Morgan fingerprint density at radius 1 is 1.08 bits per heavy atom. The number of carbonyl (C=O) groups is 4. The molecule has 0 aromatic heterocycles. The molecule has 11 heteroatoms. The van der Waals surface area contributed by atoms with Crippen molar-refractivity contribution in [3.05, 3.63) is 0 Å². The van der Waals surface area contributed by atoms with E-state index in [9.17, 15) is 19.2 Å². The van der Waals surface area contributed by atoms with E-state index in [1.807, 2.05) is 6.26 Å². The third-order valence-corrected chi connectivity index (χ3v) is 3.72. The highest BCUT2D eigenvalue weighted by molar-refractivity contribution is 7.98. The molecule has 0 aliphatic carbocycles. The fourth-order valence-corrected chi connectivity index (χ4v) is 2.16. The van der Waals surface area contributed by atoms with Crippen molar-refractivity contribution in [2.24, 2.45) is 11.5 Å². The molecular formula is C13H24N4O6S. The van der Waals surface area contributed by atoms with Crippen molar-refractivity contribution in [3.8, 4) is 0 Å². The Hall–Kier alpha value is -1.85. The van der Waals surface area contributed by atoms with Gasteiger partial charge in [-0.2, -0.15) is 11.8 Å². The quantitative estimate of drug-likeness (QED) is 0.217. The van der Waals surface area contributed by atoms with Gasteiger partial charge in [-0.05, 0) is 24.9 Å². The first-order chi connectivity index (χ1) is 11.2. The van der Waals surface area contributed by atoms with Crippen molar-refractivity contribution < 1.29 is 29.4 Å². The van der Waals surface area contributed by atoms with Crippen LogP contribution in [-0.2, 0) is 19.2 Å². The van der Waals surface area contributed by atoms with Gasteiger partial charge in [0.1, 0.15) is 12.1 Å². The van der Waals surface area contributed by atoms with E-state index in [1.54, 1.807) is 0 Å². The highest BCUT2D eigenvalue weighted by Crippen LogP contribution is 2.02. The molecule has 0 aliphatic heterocycles. The summed E-state index contributed by atoms with van der Waals surface area (Å²) in [4.78, 5) is 45.8. The highest BCUT2D eigenvalue weighted by atomic mass is 32.2. The van der Waals surface area contributed by atoms with Crippen LogP contribution in [0.2, 0.25) is 0 Å². The lowest BCUT2D eigenvalue weighted by Crippen LogP contribution is -2.55. The molecule has 0 spiro atoms. The third-order valence-electron chi connectivity index (χ3n) is 3.08. The number of aliphatic hydroxyl groups is 1. The van der Waals surface area contributed by atoms with E-state index in [0.717, 1.165) is 0 Å². The van der Waals surface area contributed by atoms with Gasteiger partial charge >= 0.3 is 5.97 Å². The van der Waals surface area contributed by atoms with Gasteiger partial charge in [-0.3, -0.25) is 14.4 Å². The molecule has 0 radical (unpaired) electrons. The number of nitrogens with two attached hydrogens (primary N) is 2. The topological polar surface area (TPSA) is 185 Å². The number of carboxylic acids is 1. The Morgan fingerprint density at radius 3 is 2.12 bits per heavy atom. The summed E-state index contributed by atoms with van der Waals surface area (Å²) < 4.78 is 0. The number of primary amides is 1. The van der Waals surface area contributed by atoms with Crippen molar-refractivity contribution in [1.82, 2.24) is 10.6 Å². The Balaban J connectivity index is 4.89. The van der Waals surface area contributed by atoms with Gasteiger partial charge in [0, 0.05) is 6.42 Å². The Labute approximate surface area is 143 Å². The minimum absolute atomic E-state index is 0.111. The molecule has 0 bridgehead atoms. The fraction of sp³-hybridized carbons (Fsp3) is 0.692. The second-order valence-corrected chi connectivity index (χ2v) is 6.02. The zero-order valence-electron chi connectivity index (χ0n) is 13.4. The third kappa shape index (κ3) is 8.70. The lowest BCUT2D eigenvalue weighted by atomic mass is 10.1. The van der Waals surface area contributed by atoms with Gasteiger partial charge in [-0.25, -0.2) is 4.79 Å². The first-order valence-electron chi connectivity index (χ1n) is 7.20. The highest BCUT2D eigenvalue weighted by Gasteiger charge is 2.27. The van der Waals surface area contributed by atoms with Crippen LogP contribution >= 0.6 is 11.8 Å². The van der Waals surface area contributed by atoms with Crippen molar-refractivity contribution in [2.45, 2.75) is 37.4 Å². The van der Waals surface area contributed by atoms with Crippen LogP contribution in [0, 0.1) is 0 Å². The minimum atomic E-state index is -1.52. The maximum Gasteiger partial charge on any atom is 0.328 e. The number of nitrogens with one attached hydrogen (secondary N) is 2. The smallest absolute Gasteiger partial charge is 0.328 e. The predicted octanol–water partition coefficient (Wildman–Crippen LogP) is -2.62. The van der Waals surface area contributed by atoms with Crippen LogP contribution in [0.25, 0.3) is 0 Å². The monoisotopic (exact) mass is 364 g/mol. The van der Waals surface area contributed by atoms with Crippen molar-refractivity contribution in [2.75, 3.05) is 18.6 Å². The summed E-state index contributed by atoms with van der Waals surface area (Å²) in [6.07, 6.45) is 1.95. The molecule has 24 heavy (non-hydrogen) atoms. The number of aliphatic carboxylic acids is 1. The van der Waals surface area contributed by atoms with Gasteiger partial charge in [0.2, 0.25) is 17.7 Å². The van der Waals surface area contributed by atoms with Crippen LogP contribution in [-0.4, -0.2) is 70.6 Å². The molecule has 3 unspecified atom stereocenters. The SMILES string of the molecule is CSCCC(N)C(=O)NC(CCC(N)=O)C(=O)NC(CO)C(=O)O. The summed E-state index contributed by atoms with van der Waals surface area (Å²) in [7, 11) is 0. The summed E-state index contributed by atoms with van der Waals surface area (Å²) in [6.45, 7) is -0.815. The molecule has 0 rings (SSSR count). The van der Waals surface area contributed by atoms with Crippen LogP contribution < -0.4 is 22.1 Å². The lowest BCUT2D eigenvalue weighted by molar-refractivity contribution is -0.143. The zero-order chi connectivity index (χ0) is 18.7. The van der Waals surface area contributed by atoms with Crippen LogP contribution in [0.1, 0.15) is 19.3 Å². The number of aliphatic hydroxyl groups excluding tert-OH is 1. The fourth-order valence-electron chi connectivity index (χ4n) is 1.67. The largest absolute Gasteiger partial charge is 0.480 e. The molecule has 0 aromatic carbocycles. The van der Waals surface area contributed by atoms with Gasteiger partial charge in [0.25, 0.3) is 0 Å². The number of carboxylic acid groups (broad SMARTS) is 1. The maximum atomic E-state index is 12.1. The molecule has 8 N–H and O–H groups in total. The molecule has 0 saturated carbocycles. The van der Waals surface area contributed by atoms with Crippen LogP contribution in [0.4, 0.5) is 0 Å². The van der Waals surface area contributed by atoms with Crippen LogP contribution in [0.5, 0.6) is 0 Å². The number of carbonyl (C=O) groups excluding carboxylic acids is 3. The van der Waals surface area contributed by atoms with E-state index >= 15 is 0 Å². The standard InChI is InChI=1S/C13H24N4O6S/c1-24-5-4-7(14)11(20)16-8(2-3-10(15)19)12(21)17-9(6-18)13(22)23/h7-9,18H,2-6,14H2,1H3,(H2,15,19)(H,16,20)(H,17,21)(H,22,23). The van der Waals surface area contributed by atoms with E-state index in [4.69, 9.17) is 21.7 Å². The number of thioether (sulfide) groups is 1. The predicted molar refractivity (Wildman–Crippen MR) is 88.0 cm³/mol. The summed E-state index contributed by atoms with van der Waals surface area (Å²) in [5.41, 5.74) is 10.7. The maximum absolute atomic E-state index is 12.1. The zero-order valence-corrected chi connectivity index (χ0v) is 14.2. The molecule has 138 valence electrons. The Morgan fingerprint density at radius 2 is 1.67 bits per heavy atom. The van der Waals surface area contributed by atoms with Crippen LogP contribution in [0.15, 0.2) is 0 Å². The molecule has 3 amide bonds. The van der Waals surface area contributed by atoms with Crippen LogP contribution in [0.3, 0.4) is 0 Å². The number of hydrogen-bond acceptors (Lipinski definition) is 7. The molecule has 0 fully saturated rings. The Kier molecular flexibility index (Phi) is 10.8. The molecule has 3 atom stereocenters. The first kappa shape index (κ1) is 22.1. The van der Waals surface area contributed by atoms with E-state index < -0.39 is 48.4 Å². The molecule has 10 nitrogen and oxygen atoms in total.